The van der Waals surface area contributed by atoms with Crippen LogP contribution in [0.15, 0.2) is 60.2 Å². The summed E-state index contributed by atoms with van der Waals surface area (Å²) in [5.41, 5.74) is 1.47. The van der Waals surface area contributed by atoms with Gasteiger partial charge in [0.1, 0.15) is 5.57 Å². The third-order valence-electron chi connectivity index (χ3n) is 3.46. The third-order valence-corrected chi connectivity index (χ3v) is 3.46. The zero-order valence-electron chi connectivity index (χ0n) is 12.4. The molecule has 4 amide bonds. The summed E-state index contributed by atoms with van der Waals surface area (Å²) in [6.45, 7) is 0. The first kappa shape index (κ1) is 15.4. The fraction of sp³-hybridized carbons (Fsp3) is 0. The lowest BCUT2D eigenvalue weighted by Crippen LogP contribution is -2.51. The van der Waals surface area contributed by atoms with Crippen molar-refractivity contribution < 1.29 is 19.2 Å². The van der Waals surface area contributed by atoms with E-state index >= 15 is 0 Å². The number of carbonyl (C=O) groups is 4. The van der Waals surface area contributed by atoms with Crippen LogP contribution in [0.4, 0.5) is 4.79 Å². The second kappa shape index (κ2) is 6.29. The monoisotopic (exact) mass is 320 g/mol. The Hall–Kier alpha value is -3.54. The predicted molar refractivity (Wildman–Crippen MR) is 86.0 cm³/mol. The summed E-state index contributed by atoms with van der Waals surface area (Å²) < 4.78 is 0. The molecule has 2 aromatic carbocycles. The summed E-state index contributed by atoms with van der Waals surface area (Å²) >= 11 is 0. The smallest absolute Gasteiger partial charge is 0.289 e. The van der Waals surface area contributed by atoms with E-state index in [2.05, 4.69) is 0 Å². The number of hydrogen-bond donors (Lipinski definition) is 2. The molecule has 0 atom stereocenters. The van der Waals surface area contributed by atoms with E-state index in [0.717, 1.165) is 0 Å². The van der Waals surface area contributed by atoms with Crippen LogP contribution in [0.2, 0.25) is 0 Å². The number of rotatable bonds is 3. The van der Waals surface area contributed by atoms with Crippen molar-refractivity contribution in [3.8, 4) is 0 Å². The van der Waals surface area contributed by atoms with Crippen molar-refractivity contribution in [2.24, 2.45) is 0 Å². The van der Waals surface area contributed by atoms with Crippen LogP contribution < -0.4 is 10.6 Å². The number of nitrogens with one attached hydrogen (secondary N) is 2. The normalized spacial score (nSPS) is 14.0. The Morgan fingerprint density at radius 3 is 1.88 bits per heavy atom. The summed E-state index contributed by atoms with van der Waals surface area (Å²) in [6, 6.07) is 14.5. The number of imide groups is 2. The zero-order valence-corrected chi connectivity index (χ0v) is 12.4. The maximum absolute atomic E-state index is 12.3. The molecule has 1 heterocycles. The zero-order chi connectivity index (χ0) is 17.1. The Labute approximate surface area is 137 Å². The molecule has 0 aromatic heterocycles. The largest absolute Gasteiger partial charge is 0.328 e. The van der Waals surface area contributed by atoms with Crippen molar-refractivity contribution in [3.63, 3.8) is 0 Å². The van der Waals surface area contributed by atoms with Gasteiger partial charge >= 0.3 is 6.03 Å². The average Bonchev–Trinajstić information content (AvgIpc) is 2.59. The van der Waals surface area contributed by atoms with Crippen LogP contribution in [0, 0.1) is 0 Å². The lowest BCUT2D eigenvalue weighted by atomic mass is 10.0. The molecule has 2 N–H and O–H groups in total. The van der Waals surface area contributed by atoms with Crippen molar-refractivity contribution in [1.29, 1.82) is 0 Å². The first-order chi connectivity index (χ1) is 11.5. The Morgan fingerprint density at radius 2 is 1.29 bits per heavy atom. The topological polar surface area (TPSA) is 92.3 Å². The second-order valence-electron chi connectivity index (χ2n) is 5.11. The Balaban J connectivity index is 1.84. The minimum absolute atomic E-state index is 0.117. The maximum Gasteiger partial charge on any atom is 0.328 e. The first-order valence-electron chi connectivity index (χ1n) is 7.13. The minimum Gasteiger partial charge on any atom is -0.289 e. The molecule has 3 rings (SSSR count). The molecular weight excluding hydrogens is 308 g/mol. The third kappa shape index (κ3) is 3.12. The minimum atomic E-state index is -0.842. The van der Waals surface area contributed by atoms with Crippen LogP contribution in [0.5, 0.6) is 0 Å². The van der Waals surface area contributed by atoms with Crippen molar-refractivity contribution in [2.75, 3.05) is 0 Å². The molecule has 118 valence electrons. The van der Waals surface area contributed by atoms with E-state index in [1.54, 1.807) is 48.5 Å². The molecule has 1 saturated heterocycles. The van der Waals surface area contributed by atoms with E-state index in [-0.39, 0.29) is 11.4 Å². The van der Waals surface area contributed by atoms with Gasteiger partial charge in [0.25, 0.3) is 11.8 Å². The quantitative estimate of drug-likeness (QED) is 0.511. The van der Waals surface area contributed by atoms with E-state index in [0.29, 0.717) is 16.7 Å². The van der Waals surface area contributed by atoms with Gasteiger partial charge in [-0.15, -0.1) is 0 Å². The summed E-state index contributed by atoms with van der Waals surface area (Å²) in [6.07, 6.45) is 1.36. The van der Waals surface area contributed by atoms with Gasteiger partial charge in [-0.1, -0.05) is 54.6 Å². The molecule has 1 fully saturated rings. The number of hydrogen-bond acceptors (Lipinski definition) is 4. The van der Waals surface area contributed by atoms with Crippen molar-refractivity contribution >= 4 is 29.7 Å². The highest BCUT2D eigenvalue weighted by Crippen LogP contribution is 2.14. The van der Waals surface area contributed by atoms with Gasteiger partial charge in [-0.2, -0.15) is 0 Å². The van der Waals surface area contributed by atoms with E-state index in [9.17, 15) is 19.2 Å². The van der Waals surface area contributed by atoms with Crippen molar-refractivity contribution in [2.45, 2.75) is 0 Å². The number of benzene rings is 2. The number of amides is 4. The average molecular weight is 320 g/mol. The fourth-order valence-electron chi connectivity index (χ4n) is 2.26. The van der Waals surface area contributed by atoms with Crippen LogP contribution in [-0.2, 0) is 9.59 Å². The van der Waals surface area contributed by atoms with Gasteiger partial charge in [0.15, 0.2) is 5.78 Å². The highest BCUT2D eigenvalue weighted by molar-refractivity contribution is 6.31. The van der Waals surface area contributed by atoms with Crippen LogP contribution >= 0.6 is 0 Å². The number of barbiturate groups is 1. The summed E-state index contributed by atoms with van der Waals surface area (Å²) in [5, 5.41) is 4.00. The second-order valence-corrected chi connectivity index (χ2v) is 5.11. The molecular formula is C18H12N2O4. The molecule has 0 bridgehead atoms. The van der Waals surface area contributed by atoms with E-state index in [4.69, 9.17) is 0 Å². The summed E-state index contributed by atoms with van der Waals surface area (Å²) in [5.74, 6) is -1.63. The SMILES string of the molecule is O=C1NC(=O)C(=Cc2ccc(C(=O)c3ccccc3)cc2)C(=O)N1. The molecule has 24 heavy (non-hydrogen) atoms. The van der Waals surface area contributed by atoms with Gasteiger partial charge in [0.2, 0.25) is 0 Å². The predicted octanol–water partition coefficient (Wildman–Crippen LogP) is 1.67. The first-order valence-corrected chi connectivity index (χ1v) is 7.13. The molecule has 0 saturated carbocycles. The number of carbonyl (C=O) groups excluding carboxylic acids is 4. The van der Waals surface area contributed by atoms with Crippen molar-refractivity contribution in [1.82, 2.24) is 10.6 Å². The van der Waals surface area contributed by atoms with E-state index < -0.39 is 17.8 Å². The summed E-state index contributed by atoms with van der Waals surface area (Å²) in [7, 11) is 0. The van der Waals surface area contributed by atoms with Gasteiger partial charge < -0.3 is 0 Å². The molecule has 2 aromatic rings. The molecule has 6 nitrogen and oxygen atoms in total. The van der Waals surface area contributed by atoms with E-state index in [1.165, 1.54) is 6.08 Å². The summed E-state index contributed by atoms with van der Waals surface area (Å²) in [4.78, 5) is 46.6. The Bertz CT molecular complexity index is 846. The fourth-order valence-corrected chi connectivity index (χ4v) is 2.26. The Morgan fingerprint density at radius 1 is 0.750 bits per heavy atom. The standard InChI is InChI=1S/C18H12N2O4/c21-15(12-4-2-1-3-5-12)13-8-6-11(7-9-13)10-14-16(22)19-18(24)20-17(14)23/h1-10H,(H2,19,20,22,23,24). The lowest BCUT2D eigenvalue weighted by molar-refractivity contribution is -0.123. The molecule has 6 heteroatoms. The van der Waals surface area contributed by atoms with Gasteiger partial charge in [-0.05, 0) is 11.6 Å². The number of urea groups is 1. The van der Waals surface area contributed by atoms with Gasteiger partial charge in [-0.25, -0.2) is 4.79 Å². The number of ketones is 1. The maximum atomic E-state index is 12.3. The molecule has 0 radical (unpaired) electrons. The molecule has 1 aliphatic heterocycles. The highest BCUT2D eigenvalue weighted by atomic mass is 16.2. The van der Waals surface area contributed by atoms with Crippen LogP contribution in [0.25, 0.3) is 6.08 Å². The molecule has 1 aliphatic rings. The van der Waals surface area contributed by atoms with Crippen molar-refractivity contribution in [3.05, 3.63) is 76.9 Å². The van der Waals surface area contributed by atoms with Gasteiger partial charge in [0.05, 0.1) is 0 Å². The van der Waals surface area contributed by atoms with Gasteiger partial charge in [-0.3, -0.25) is 25.0 Å². The van der Waals surface area contributed by atoms with E-state index in [1.807, 2.05) is 16.7 Å². The van der Waals surface area contributed by atoms with Crippen LogP contribution in [0.1, 0.15) is 21.5 Å². The molecule has 0 aliphatic carbocycles. The van der Waals surface area contributed by atoms with Crippen LogP contribution in [0.3, 0.4) is 0 Å². The Kier molecular flexibility index (Phi) is 4.03. The van der Waals surface area contributed by atoms with Crippen LogP contribution in [-0.4, -0.2) is 23.6 Å². The highest BCUT2D eigenvalue weighted by Gasteiger charge is 2.27. The molecule has 0 spiro atoms. The molecule has 0 unspecified atom stereocenters. The van der Waals surface area contributed by atoms with Gasteiger partial charge in [0, 0.05) is 11.1 Å². The lowest BCUT2D eigenvalue weighted by Gasteiger charge is -2.13.